The van der Waals surface area contributed by atoms with Crippen molar-refractivity contribution in [3.8, 4) is 0 Å². The molecule has 0 aliphatic heterocycles. The number of carbonyl (C=O) groups excluding carboxylic acids is 1. The fraction of sp³-hybridized carbons (Fsp3) is 0.250. The zero-order valence-corrected chi connectivity index (χ0v) is 8.86. The highest BCUT2D eigenvalue weighted by atomic mass is 16.1. The van der Waals surface area contributed by atoms with E-state index in [1.165, 1.54) is 6.08 Å². The highest BCUT2D eigenvalue weighted by Gasteiger charge is 1.93. The summed E-state index contributed by atoms with van der Waals surface area (Å²) in [6.07, 6.45) is 4.21. The van der Waals surface area contributed by atoms with Crippen molar-refractivity contribution in [2.24, 2.45) is 0 Å². The van der Waals surface area contributed by atoms with Crippen LogP contribution in [-0.2, 0) is 4.79 Å². The molecule has 3 N–H and O–H groups in total. The second kappa shape index (κ2) is 5.86. The van der Waals surface area contributed by atoms with Gasteiger partial charge >= 0.3 is 0 Å². The van der Waals surface area contributed by atoms with Gasteiger partial charge in [-0.25, -0.2) is 0 Å². The van der Waals surface area contributed by atoms with Gasteiger partial charge in [0.05, 0.1) is 0 Å². The van der Waals surface area contributed by atoms with Gasteiger partial charge in [0.15, 0.2) is 0 Å². The summed E-state index contributed by atoms with van der Waals surface area (Å²) in [5.41, 5.74) is 7.24. The standard InChI is InChI=1S/C12H16N2O/c1-2-8-14-12(15)7-6-10-4-3-5-11(13)9-10/h3-7,9H,2,8,13H2,1H3,(H,14,15)/b7-6+. The van der Waals surface area contributed by atoms with Gasteiger partial charge in [0.25, 0.3) is 0 Å². The number of nitrogens with two attached hydrogens (primary N) is 1. The van der Waals surface area contributed by atoms with Gasteiger partial charge in [0, 0.05) is 18.3 Å². The van der Waals surface area contributed by atoms with Gasteiger partial charge in [0.2, 0.25) is 5.91 Å². The quantitative estimate of drug-likeness (QED) is 0.580. The van der Waals surface area contributed by atoms with Crippen LogP contribution in [0, 0.1) is 0 Å². The van der Waals surface area contributed by atoms with Gasteiger partial charge in [-0.2, -0.15) is 0 Å². The van der Waals surface area contributed by atoms with E-state index in [4.69, 9.17) is 5.73 Å². The van der Waals surface area contributed by atoms with Crippen molar-refractivity contribution < 1.29 is 4.79 Å². The Morgan fingerprint density at radius 2 is 2.33 bits per heavy atom. The number of nitrogen functional groups attached to an aromatic ring is 1. The molecule has 15 heavy (non-hydrogen) atoms. The Kier molecular flexibility index (Phi) is 4.41. The molecule has 1 aromatic rings. The normalized spacial score (nSPS) is 10.5. The Labute approximate surface area is 90.0 Å². The first-order valence-corrected chi connectivity index (χ1v) is 5.04. The molecular weight excluding hydrogens is 188 g/mol. The Hall–Kier alpha value is -1.77. The maximum atomic E-state index is 11.2. The monoisotopic (exact) mass is 204 g/mol. The van der Waals surface area contributed by atoms with Crippen LogP contribution < -0.4 is 11.1 Å². The van der Waals surface area contributed by atoms with E-state index in [1.807, 2.05) is 31.2 Å². The second-order valence-electron chi connectivity index (χ2n) is 3.29. The Morgan fingerprint density at radius 1 is 1.53 bits per heavy atom. The molecule has 0 aliphatic carbocycles. The fourth-order valence-corrected chi connectivity index (χ4v) is 1.14. The number of hydrogen-bond acceptors (Lipinski definition) is 2. The molecular formula is C12H16N2O. The number of benzene rings is 1. The van der Waals surface area contributed by atoms with Crippen molar-refractivity contribution >= 4 is 17.7 Å². The predicted octanol–water partition coefficient (Wildman–Crippen LogP) is 1.81. The van der Waals surface area contributed by atoms with Crippen molar-refractivity contribution in [1.82, 2.24) is 5.32 Å². The molecule has 80 valence electrons. The van der Waals surface area contributed by atoms with Crippen molar-refractivity contribution in [1.29, 1.82) is 0 Å². The van der Waals surface area contributed by atoms with Crippen molar-refractivity contribution in [3.63, 3.8) is 0 Å². The highest BCUT2D eigenvalue weighted by Crippen LogP contribution is 2.07. The summed E-state index contributed by atoms with van der Waals surface area (Å²) in [4.78, 5) is 11.2. The lowest BCUT2D eigenvalue weighted by atomic mass is 10.2. The van der Waals surface area contributed by atoms with Crippen LogP contribution >= 0.6 is 0 Å². The van der Waals surface area contributed by atoms with Crippen molar-refractivity contribution in [2.45, 2.75) is 13.3 Å². The van der Waals surface area contributed by atoms with Crippen LogP contribution in [0.1, 0.15) is 18.9 Å². The molecule has 1 aromatic carbocycles. The molecule has 0 bridgehead atoms. The molecule has 0 unspecified atom stereocenters. The second-order valence-corrected chi connectivity index (χ2v) is 3.29. The number of anilines is 1. The third-order valence-electron chi connectivity index (χ3n) is 1.89. The summed E-state index contributed by atoms with van der Waals surface area (Å²) in [5.74, 6) is -0.0701. The van der Waals surface area contributed by atoms with E-state index < -0.39 is 0 Å². The Morgan fingerprint density at radius 3 is 3.00 bits per heavy atom. The molecule has 0 aliphatic rings. The number of hydrogen-bond donors (Lipinski definition) is 2. The molecule has 1 amide bonds. The zero-order chi connectivity index (χ0) is 11.1. The molecule has 0 aromatic heterocycles. The average molecular weight is 204 g/mol. The lowest BCUT2D eigenvalue weighted by Crippen LogP contribution is -2.21. The molecule has 1 rings (SSSR count). The van der Waals surface area contributed by atoms with Crippen LogP contribution in [0.15, 0.2) is 30.3 Å². The molecule has 0 saturated heterocycles. The molecule has 0 atom stereocenters. The molecule has 0 radical (unpaired) electrons. The summed E-state index contributed by atoms with van der Waals surface area (Å²) in [6.45, 7) is 2.72. The number of rotatable bonds is 4. The Balaban J connectivity index is 2.53. The topological polar surface area (TPSA) is 55.1 Å². The van der Waals surface area contributed by atoms with Gasteiger partial charge in [0.1, 0.15) is 0 Å². The van der Waals surface area contributed by atoms with Crippen LogP contribution in [0.3, 0.4) is 0 Å². The van der Waals surface area contributed by atoms with E-state index in [2.05, 4.69) is 5.32 Å². The summed E-state index contributed by atoms with van der Waals surface area (Å²) in [6, 6.07) is 7.40. The van der Waals surface area contributed by atoms with Crippen molar-refractivity contribution in [3.05, 3.63) is 35.9 Å². The van der Waals surface area contributed by atoms with Gasteiger partial charge in [-0.05, 0) is 30.2 Å². The first-order valence-electron chi connectivity index (χ1n) is 5.04. The minimum Gasteiger partial charge on any atom is -0.399 e. The molecule has 0 heterocycles. The summed E-state index contributed by atoms with van der Waals surface area (Å²) in [7, 11) is 0. The molecule has 0 spiro atoms. The van der Waals surface area contributed by atoms with E-state index in [0.29, 0.717) is 12.2 Å². The summed E-state index contributed by atoms with van der Waals surface area (Å²) in [5, 5.41) is 2.76. The van der Waals surface area contributed by atoms with Crippen molar-refractivity contribution in [2.75, 3.05) is 12.3 Å². The molecule has 0 fully saturated rings. The molecule has 3 heteroatoms. The minimum absolute atomic E-state index is 0.0701. The van der Waals surface area contributed by atoms with E-state index in [9.17, 15) is 4.79 Å². The van der Waals surface area contributed by atoms with E-state index in [0.717, 1.165) is 12.0 Å². The van der Waals surface area contributed by atoms with Crippen LogP contribution in [0.4, 0.5) is 5.69 Å². The van der Waals surface area contributed by atoms with Gasteiger partial charge in [-0.1, -0.05) is 19.1 Å². The van der Waals surface area contributed by atoms with E-state index in [1.54, 1.807) is 6.08 Å². The molecule has 0 saturated carbocycles. The largest absolute Gasteiger partial charge is 0.399 e. The molecule has 3 nitrogen and oxygen atoms in total. The Bertz CT molecular complexity index is 358. The maximum Gasteiger partial charge on any atom is 0.243 e. The van der Waals surface area contributed by atoms with Gasteiger partial charge in [-0.15, -0.1) is 0 Å². The first-order chi connectivity index (χ1) is 7.22. The summed E-state index contributed by atoms with van der Waals surface area (Å²) < 4.78 is 0. The fourth-order valence-electron chi connectivity index (χ4n) is 1.14. The van der Waals surface area contributed by atoms with Crippen LogP contribution in [0.2, 0.25) is 0 Å². The SMILES string of the molecule is CCCNC(=O)/C=C/c1cccc(N)c1. The maximum absolute atomic E-state index is 11.2. The third-order valence-corrected chi connectivity index (χ3v) is 1.89. The average Bonchev–Trinajstić information content (AvgIpc) is 2.23. The predicted molar refractivity (Wildman–Crippen MR) is 63.2 cm³/mol. The smallest absolute Gasteiger partial charge is 0.243 e. The van der Waals surface area contributed by atoms with Crippen LogP contribution in [0.5, 0.6) is 0 Å². The number of carbonyl (C=O) groups is 1. The lowest BCUT2D eigenvalue weighted by Gasteiger charge is -1.98. The van der Waals surface area contributed by atoms with E-state index >= 15 is 0 Å². The van der Waals surface area contributed by atoms with Crippen LogP contribution in [0.25, 0.3) is 6.08 Å². The minimum atomic E-state index is -0.0701. The van der Waals surface area contributed by atoms with Gasteiger partial charge < -0.3 is 11.1 Å². The zero-order valence-electron chi connectivity index (χ0n) is 8.86. The van der Waals surface area contributed by atoms with Gasteiger partial charge in [-0.3, -0.25) is 4.79 Å². The van der Waals surface area contributed by atoms with Crippen LogP contribution in [-0.4, -0.2) is 12.5 Å². The lowest BCUT2D eigenvalue weighted by molar-refractivity contribution is -0.116. The summed E-state index contributed by atoms with van der Waals surface area (Å²) >= 11 is 0. The number of amides is 1. The third kappa shape index (κ3) is 4.31. The highest BCUT2D eigenvalue weighted by molar-refractivity contribution is 5.91. The van der Waals surface area contributed by atoms with E-state index in [-0.39, 0.29) is 5.91 Å². The first kappa shape index (κ1) is 11.3. The number of nitrogens with one attached hydrogen (secondary N) is 1.